The number of aromatic nitrogens is 2. The number of imidazole rings is 1. The molecule has 0 radical (unpaired) electrons. The van der Waals surface area contributed by atoms with Gasteiger partial charge in [0.1, 0.15) is 5.82 Å². The molecule has 0 bridgehead atoms. The smallest absolute Gasteiger partial charge is 0.240 e. The van der Waals surface area contributed by atoms with Crippen molar-refractivity contribution in [2.45, 2.75) is 18.4 Å². The predicted molar refractivity (Wildman–Crippen MR) is 73.1 cm³/mol. The van der Waals surface area contributed by atoms with Gasteiger partial charge in [-0.15, -0.1) is 0 Å². The molecule has 0 atom stereocenters. The number of benzene rings is 1. The highest BCUT2D eigenvalue weighted by molar-refractivity contribution is 7.89. The Morgan fingerprint density at radius 3 is 2.75 bits per heavy atom. The molecule has 0 unspecified atom stereocenters. The maximum atomic E-state index is 12.2. The Morgan fingerprint density at radius 1 is 1.45 bits per heavy atom. The van der Waals surface area contributed by atoms with E-state index >= 15 is 0 Å². The van der Waals surface area contributed by atoms with Gasteiger partial charge in [-0.25, -0.2) is 18.1 Å². The van der Waals surface area contributed by atoms with E-state index in [1.54, 1.807) is 30.9 Å². The number of aryl methyl sites for hydroxylation is 2. The number of sulfonamides is 1. The average molecular weight is 290 g/mol. The van der Waals surface area contributed by atoms with Gasteiger partial charge in [-0.05, 0) is 30.7 Å². The zero-order valence-corrected chi connectivity index (χ0v) is 12.0. The van der Waals surface area contributed by atoms with Crippen molar-refractivity contribution in [1.29, 1.82) is 5.26 Å². The third-order valence-electron chi connectivity index (χ3n) is 2.97. The quantitative estimate of drug-likeness (QED) is 0.912. The Labute approximate surface area is 117 Å². The van der Waals surface area contributed by atoms with Crippen LogP contribution >= 0.6 is 0 Å². The average Bonchev–Trinajstić information content (AvgIpc) is 2.82. The molecule has 20 heavy (non-hydrogen) atoms. The van der Waals surface area contributed by atoms with Crippen molar-refractivity contribution in [1.82, 2.24) is 14.3 Å². The zero-order valence-electron chi connectivity index (χ0n) is 11.2. The summed E-state index contributed by atoms with van der Waals surface area (Å²) in [5.41, 5.74) is 1.10. The molecule has 0 aliphatic rings. The van der Waals surface area contributed by atoms with Gasteiger partial charge in [-0.2, -0.15) is 5.26 Å². The Bertz CT molecular complexity index is 772. The van der Waals surface area contributed by atoms with Crippen LogP contribution in [0.5, 0.6) is 0 Å². The van der Waals surface area contributed by atoms with Gasteiger partial charge in [0.15, 0.2) is 0 Å². The highest BCUT2D eigenvalue weighted by Gasteiger charge is 2.15. The highest BCUT2D eigenvalue weighted by Crippen LogP contribution is 2.15. The second-order valence-corrected chi connectivity index (χ2v) is 6.13. The molecule has 0 amide bonds. The fraction of sp³-hybridized carbons (Fsp3) is 0.231. The Kier molecular flexibility index (Phi) is 3.88. The molecule has 6 nitrogen and oxygen atoms in total. The van der Waals surface area contributed by atoms with Crippen LogP contribution in [-0.2, 0) is 23.6 Å². The molecule has 2 rings (SSSR count). The van der Waals surface area contributed by atoms with Crippen LogP contribution in [0.15, 0.2) is 35.5 Å². The first-order valence-corrected chi connectivity index (χ1v) is 7.39. The summed E-state index contributed by atoms with van der Waals surface area (Å²) in [4.78, 5) is 4.19. The molecule has 0 aliphatic heterocycles. The van der Waals surface area contributed by atoms with Crippen LogP contribution in [0.3, 0.4) is 0 Å². The number of nitrogens with zero attached hydrogens (tertiary/aromatic N) is 3. The van der Waals surface area contributed by atoms with E-state index in [1.807, 2.05) is 6.07 Å². The second-order valence-electron chi connectivity index (χ2n) is 4.37. The van der Waals surface area contributed by atoms with E-state index < -0.39 is 10.0 Å². The van der Waals surface area contributed by atoms with Crippen molar-refractivity contribution in [2.24, 2.45) is 7.05 Å². The molecule has 1 N–H and O–H groups in total. The molecule has 1 aromatic heterocycles. The molecular weight excluding hydrogens is 276 g/mol. The maximum absolute atomic E-state index is 12.2. The minimum Gasteiger partial charge on any atom is -0.337 e. The Morgan fingerprint density at radius 2 is 2.20 bits per heavy atom. The molecule has 0 saturated heterocycles. The molecule has 0 saturated carbocycles. The summed E-state index contributed by atoms with van der Waals surface area (Å²) in [5.74, 6) is 0.624. The van der Waals surface area contributed by atoms with E-state index in [9.17, 15) is 8.42 Å². The largest absolute Gasteiger partial charge is 0.337 e. The van der Waals surface area contributed by atoms with E-state index in [2.05, 4.69) is 9.71 Å². The van der Waals surface area contributed by atoms with Crippen LogP contribution in [0.4, 0.5) is 0 Å². The minimum absolute atomic E-state index is 0.116. The monoisotopic (exact) mass is 290 g/mol. The van der Waals surface area contributed by atoms with Gasteiger partial charge in [0, 0.05) is 19.4 Å². The first-order valence-electron chi connectivity index (χ1n) is 5.90. The number of nitriles is 1. The van der Waals surface area contributed by atoms with Crippen LogP contribution < -0.4 is 4.72 Å². The normalized spacial score (nSPS) is 11.2. The highest BCUT2D eigenvalue weighted by atomic mass is 32.2. The lowest BCUT2D eigenvalue weighted by Crippen LogP contribution is -2.24. The third-order valence-corrected chi connectivity index (χ3v) is 4.37. The molecule has 0 spiro atoms. The number of nitrogens with one attached hydrogen (secondary N) is 1. The summed E-state index contributed by atoms with van der Waals surface area (Å²) in [5, 5.41) is 8.84. The molecule has 2 aromatic rings. The van der Waals surface area contributed by atoms with Gasteiger partial charge < -0.3 is 4.57 Å². The molecule has 0 aliphatic carbocycles. The first kappa shape index (κ1) is 14.2. The van der Waals surface area contributed by atoms with E-state index in [0.717, 1.165) is 0 Å². The SMILES string of the molecule is Cc1cc(S(=O)(=O)NCc2nccn2C)ccc1C#N. The molecule has 7 heteroatoms. The number of hydrogen-bond acceptors (Lipinski definition) is 4. The van der Waals surface area contributed by atoms with Crippen LogP contribution in [-0.4, -0.2) is 18.0 Å². The van der Waals surface area contributed by atoms with Crippen molar-refractivity contribution < 1.29 is 8.42 Å². The predicted octanol–water partition coefficient (Wildman–Crippen LogP) is 1.08. The van der Waals surface area contributed by atoms with E-state index in [4.69, 9.17) is 5.26 Å². The second kappa shape index (κ2) is 5.45. The minimum atomic E-state index is -3.61. The standard InChI is InChI=1S/C13H14N4O2S/c1-10-7-12(4-3-11(10)8-14)20(18,19)16-9-13-15-5-6-17(13)2/h3-7,16H,9H2,1-2H3. The lowest BCUT2D eigenvalue weighted by Gasteiger charge is -2.08. The first-order chi connectivity index (χ1) is 9.44. The summed E-state index contributed by atoms with van der Waals surface area (Å²) >= 11 is 0. The van der Waals surface area contributed by atoms with Crippen LogP contribution in [0.2, 0.25) is 0 Å². The van der Waals surface area contributed by atoms with E-state index in [1.165, 1.54) is 18.2 Å². The van der Waals surface area contributed by atoms with Gasteiger partial charge in [-0.3, -0.25) is 0 Å². The molecule has 1 aromatic carbocycles. The van der Waals surface area contributed by atoms with E-state index in [-0.39, 0.29) is 11.4 Å². The topological polar surface area (TPSA) is 87.8 Å². The summed E-state index contributed by atoms with van der Waals surface area (Å²) in [6.45, 7) is 1.82. The fourth-order valence-corrected chi connectivity index (χ4v) is 2.80. The zero-order chi connectivity index (χ0) is 14.8. The summed E-state index contributed by atoms with van der Waals surface area (Å²) in [7, 11) is -1.82. The van der Waals surface area contributed by atoms with Crippen molar-refractivity contribution >= 4 is 10.0 Å². The Hall–Kier alpha value is -2.17. The third kappa shape index (κ3) is 2.87. The summed E-state index contributed by atoms with van der Waals surface area (Å²) in [6.07, 6.45) is 3.35. The van der Waals surface area contributed by atoms with Crippen molar-refractivity contribution in [3.05, 3.63) is 47.5 Å². The molecule has 104 valence electrons. The summed E-state index contributed by atoms with van der Waals surface area (Å²) in [6, 6.07) is 6.42. The maximum Gasteiger partial charge on any atom is 0.240 e. The van der Waals surface area contributed by atoms with Gasteiger partial charge in [-0.1, -0.05) is 0 Å². The van der Waals surface area contributed by atoms with Crippen molar-refractivity contribution in [2.75, 3.05) is 0 Å². The van der Waals surface area contributed by atoms with Crippen molar-refractivity contribution in [3.8, 4) is 6.07 Å². The Balaban J connectivity index is 2.21. The van der Waals surface area contributed by atoms with Crippen LogP contribution in [0, 0.1) is 18.3 Å². The number of hydrogen-bond donors (Lipinski definition) is 1. The fourth-order valence-electron chi connectivity index (χ4n) is 1.74. The van der Waals surface area contributed by atoms with Crippen LogP contribution in [0.25, 0.3) is 0 Å². The number of rotatable bonds is 4. The van der Waals surface area contributed by atoms with Gasteiger partial charge >= 0.3 is 0 Å². The van der Waals surface area contributed by atoms with Crippen molar-refractivity contribution in [3.63, 3.8) is 0 Å². The molecule has 1 heterocycles. The lowest BCUT2D eigenvalue weighted by molar-refractivity contribution is 0.577. The lowest BCUT2D eigenvalue weighted by atomic mass is 10.1. The van der Waals surface area contributed by atoms with E-state index in [0.29, 0.717) is 17.0 Å². The van der Waals surface area contributed by atoms with Gasteiger partial charge in [0.25, 0.3) is 0 Å². The molecular formula is C13H14N4O2S. The summed E-state index contributed by atoms with van der Waals surface area (Å²) < 4.78 is 28.6. The van der Waals surface area contributed by atoms with Gasteiger partial charge in [0.2, 0.25) is 10.0 Å². The molecule has 0 fully saturated rings. The van der Waals surface area contributed by atoms with Gasteiger partial charge in [0.05, 0.1) is 23.1 Å². The van der Waals surface area contributed by atoms with Crippen LogP contribution in [0.1, 0.15) is 17.0 Å².